The van der Waals surface area contributed by atoms with E-state index in [2.05, 4.69) is 23.7 Å². The lowest BCUT2D eigenvalue weighted by molar-refractivity contribution is 0.645. The first-order valence-corrected chi connectivity index (χ1v) is 3.63. The van der Waals surface area contributed by atoms with E-state index in [-0.39, 0.29) is 0 Å². The Hall–Kier alpha value is -0.850. The van der Waals surface area contributed by atoms with Gasteiger partial charge in [-0.05, 0) is 6.92 Å². The zero-order valence-corrected chi connectivity index (χ0v) is 6.33. The van der Waals surface area contributed by atoms with Crippen molar-refractivity contribution >= 4 is 6.21 Å². The quantitative estimate of drug-likeness (QED) is 0.514. The zero-order chi connectivity index (χ0) is 7.40. The molecule has 0 aromatic rings. The van der Waals surface area contributed by atoms with Crippen LogP contribution in [-0.2, 0) is 0 Å². The minimum Gasteiger partial charge on any atom is -0.296 e. The number of hydrogen-bond donors (Lipinski definition) is 0. The fraction of sp³-hybridized carbons (Fsp3) is 0.444. The fourth-order valence-corrected chi connectivity index (χ4v) is 1.21. The molecule has 1 heteroatoms. The Morgan fingerprint density at radius 1 is 1.70 bits per heavy atom. The van der Waals surface area contributed by atoms with Crippen LogP contribution in [0.1, 0.15) is 6.92 Å². The highest BCUT2D eigenvalue weighted by Crippen LogP contribution is 2.18. The van der Waals surface area contributed by atoms with Crippen LogP contribution in [0.4, 0.5) is 0 Å². The summed E-state index contributed by atoms with van der Waals surface area (Å²) in [4.78, 5) is 4.19. The highest BCUT2D eigenvalue weighted by atomic mass is 14.8. The summed E-state index contributed by atoms with van der Waals surface area (Å²) >= 11 is 0. The van der Waals surface area contributed by atoms with E-state index >= 15 is 0 Å². The highest BCUT2D eigenvalue weighted by Gasteiger charge is 2.17. The van der Waals surface area contributed by atoms with E-state index in [1.807, 2.05) is 19.2 Å². The lowest BCUT2D eigenvalue weighted by Gasteiger charge is -2.07. The average molecular weight is 135 g/mol. The van der Waals surface area contributed by atoms with Gasteiger partial charge in [0.1, 0.15) is 0 Å². The van der Waals surface area contributed by atoms with Gasteiger partial charge in [-0.2, -0.15) is 0 Å². The Labute approximate surface area is 62.2 Å². The Balaban J connectivity index is 2.55. The predicted molar refractivity (Wildman–Crippen MR) is 45.4 cm³/mol. The molecule has 1 rings (SSSR count). The highest BCUT2D eigenvalue weighted by molar-refractivity contribution is 5.66. The van der Waals surface area contributed by atoms with Crippen molar-refractivity contribution in [2.24, 2.45) is 16.8 Å². The summed E-state index contributed by atoms with van der Waals surface area (Å²) in [6.07, 6.45) is 8.22. The summed E-state index contributed by atoms with van der Waals surface area (Å²) in [5.74, 6) is 1.04. The maximum absolute atomic E-state index is 4.19. The normalized spacial score (nSPS) is 31.7. The minimum atomic E-state index is 0.469. The Morgan fingerprint density at radius 3 is 3.10 bits per heavy atom. The van der Waals surface area contributed by atoms with E-state index in [1.54, 1.807) is 0 Å². The zero-order valence-electron chi connectivity index (χ0n) is 6.33. The lowest BCUT2D eigenvalue weighted by atomic mass is 9.96. The van der Waals surface area contributed by atoms with Crippen LogP contribution in [0.15, 0.2) is 29.8 Å². The molecule has 0 fully saturated rings. The largest absolute Gasteiger partial charge is 0.296 e. The minimum absolute atomic E-state index is 0.469. The number of hydrogen-bond acceptors (Lipinski definition) is 1. The third-order valence-corrected chi connectivity index (χ3v) is 1.80. The Morgan fingerprint density at radius 2 is 2.50 bits per heavy atom. The van der Waals surface area contributed by atoms with Crippen LogP contribution >= 0.6 is 0 Å². The van der Waals surface area contributed by atoms with Crippen LogP contribution in [0.25, 0.3) is 0 Å². The van der Waals surface area contributed by atoms with E-state index < -0.39 is 0 Å². The first-order valence-electron chi connectivity index (χ1n) is 3.63. The number of aliphatic imine (C=N–C) groups is 1. The summed E-state index contributed by atoms with van der Waals surface area (Å²) in [6.45, 7) is 6.72. The van der Waals surface area contributed by atoms with Gasteiger partial charge in [-0.3, -0.25) is 4.99 Å². The van der Waals surface area contributed by atoms with Gasteiger partial charge in [-0.25, -0.2) is 0 Å². The van der Waals surface area contributed by atoms with Crippen LogP contribution < -0.4 is 0 Å². The molecular weight excluding hydrogens is 122 g/mol. The number of nitrogens with zero attached hydrogens (tertiary/aromatic N) is 1. The summed E-state index contributed by atoms with van der Waals surface area (Å²) in [7, 11) is 0. The molecule has 0 aliphatic carbocycles. The summed E-state index contributed by atoms with van der Waals surface area (Å²) in [5, 5.41) is 0. The summed E-state index contributed by atoms with van der Waals surface area (Å²) in [6, 6.07) is 0. The Bertz CT molecular complexity index is 168. The first kappa shape index (κ1) is 7.26. The molecule has 10 heavy (non-hydrogen) atoms. The van der Waals surface area contributed by atoms with Crippen LogP contribution in [0.5, 0.6) is 0 Å². The second-order valence-electron chi connectivity index (χ2n) is 2.52. The molecule has 0 spiro atoms. The second-order valence-corrected chi connectivity index (χ2v) is 2.52. The number of rotatable bonds is 2. The van der Waals surface area contributed by atoms with E-state index in [0.717, 1.165) is 6.54 Å². The van der Waals surface area contributed by atoms with Crippen molar-refractivity contribution in [2.75, 3.05) is 6.54 Å². The Kier molecular flexibility index (Phi) is 2.43. The van der Waals surface area contributed by atoms with Gasteiger partial charge in [0.05, 0.1) is 0 Å². The summed E-state index contributed by atoms with van der Waals surface area (Å²) < 4.78 is 0. The van der Waals surface area contributed by atoms with Gasteiger partial charge in [-0.1, -0.05) is 18.2 Å². The van der Waals surface area contributed by atoms with Gasteiger partial charge in [0.15, 0.2) is 0 Å². The second kappa shape index (κ2) is 3.35. The van der Waals surface area contributed by atoms with Crippen molar-refractivity contribution in [2.45, 2.75) is 6.92 Å². The van der Waals surface area contributed by atoms with Crippen LogP contribution in [-0.4, -0.2) is 12.8 Å². The van der Waals surface area contributed by atoms with Gasteiger partial charge >= 0.3 is 0 Å². The third kappa shape index (κ3) is 1.35. The monoisotopic (exact) mass is 135 g/mol. The fourth-order valence-electron chi connectivity index (χ4n) is 1.21. The molecule has 0 aromatic heterocycles. The van der Waals surface area contributed by atoms with Crippen molar-refractivity contribution in [1.82, 2.24) is 0 Å². The van der Waals surface area contributed by atoms with Crippen molar-refractivity contribution < 1.29 is 0 Å². The third-order valence-electron chi connectivity index (χ3n) is 1.80. The standard InChI is InChI=1S/C9H13N/c1-3-5-9-7-10-6-8(9)4-2/h3-6,8-9H,2,7H2,1H3/b5-3-. The molecule has 1 aliphatic heterocycles. The van der Waals surface area contributed by atoms with Crippen LogP contribution in [0, 0.1) is 11.8 Å². The molecule has 0 N–H and O–H groups in total. The first-order chi connectivity index (χ1) is 4.88. The molecule has 0 amide bonds. The molecular formula is C9H13N. The van der Waals surface area contributed by atoms with Gasteiger partial charge in [0, 0.05) is 24.6 Å². The van der Waals surface area contributed by atoms with Crippen molar-refractivity contribution in [1.29, 1.82) is 0 Å². The van der Waals surface area contributed by atoms with Crippen molar-refractivity contribution in [3.63, 3.8) is 0 Å². The van der Waals surface area contributed by atoms with Gasteiger partial charge in [0.25, 0.3) is 0 Å². The SMILES string of the molecule is C=CC1C=NCC1/C=C\C. The van der Waals surface area contributed by atoms with E-state index in [1.165, 1.54) is 0 Å². The topological polar surface area (TPSA) is 12.4 Å². The van der Waals surface area contributed by atoms with Crippen LogP contribution in [0.3, 0.4) is 0 Å². The summed E-state index contributed by atoms with van der Waals surface area (Å²) in [5.41, 5.74) is 0. The molecule has 1 aliphatic rings. The van der Waals surface area contributed by atoms with Gasteiger partial charge in [0.2, 0.25) is 0 Å². The van der Waals surface area contributed by atoms with Crippen LogP contribution in [0.2, 0.25) is 0 Å². The maximum Gasteiger partial charge on any atom is 0.0457 e. The molecule has 2 atom stereocenters. The molecule has 0 saturated carbocycles. The van der Waals surface area contributed by atoms with E-state index in [9.17, 15) is 0 Å². The average Bonchev–Trinajstić information content (AvgIpc) is 2.36. The van der Waals surface area contributed by atoms with Crippen molar-refractivity contribution in [3.05, 3.63) is 24.8 Å². The van der Waals surface area contributed by atoms with E-state index in [0.29, 0.717) is 11.8 Å². The maximum atomic E-state index is 4.19. The molecule has 2 unspecified atom stereocenters. The molecule has 0 radical (unpaired) electrons. The van der Waals surface area contributed by atoms with E-state index in [4.69, 9.17) is 0 Å². The molecule has 1 nitrogen and oxygen atoms in total. The lowest BCUT2D eigenvalue weighted by Crippen LogP contribution is -2.06. The molecule has 0 saturated heterocycles. The molecule has 1 heterocycles. The number of allylic oxidation sites excluding steroid dienone is 2. The molecule has 54 valence electrons. The van der Waals surface area contributed by atoms with Crippen molar-refractivity contribution in [3.8, 4) is 0 Å². The molecule has 0 aromatic carbocycles. The van der Waals surface area contributed by atoms with Gasteiger partial charge < -0.3 is 0 Å². The predicted octanol–water partition coefficient (Wildman–Crippen LogP) is 2.07. The van der Waals surface area contributed by atoms with Gasteiger partial charge in [-0.15, -0.1) is 6.58 Å². The molecule has 0 bridgehead atoms. The smallest absolute Gasteiger partial charge is 0.0457 e.